The number of alkyl halides is 2. The van der Waals surface area contributed by atoms with Crippen molar-refractivity contribution in [3.63, 3.8) is 0 Å². The molecule has 0 radical (unpaired) electrons. The molecule has 24 heavy (non-hydrogen) atoms. The Morgan fingerprint density at radius 3 is 1.50 bits per heavy atom. The Morgan fingerprint density at radius 1 is 0.750 bits per heavy atom. The van der Waals surface area contributed by atoms with E-state index in [-0.39, 0.29) is 17.0 Å². The molecule has 8 N–H and O–H groups in total. The zero-order valence-electron chi connectivity index (χ0n) is 12.3. The predicted octanol–water partition coefficient (Wildman–Crippen LogP) is -3.87. The third-order valence-corrected chi connectivity index (χ3v) is 5.23. The average molecular weight is 574 g/mol. The molecule has 0 aliphatic heterocycles. The molecule has 0 rings (SSSR count). The minimum atomic E-state index is -1.66. The molecule has 0 saturated carbocycles. The Bertz CT molecular complexity index is 316. The van der Waals surface area contributed by atoms with Crippen LogP contribution in [0.25, 0.3) is 0 Å². The number of carbonyl (C=O) groups is 2. The van der Waals surface area contributed by atoms with E-state index in [4.69, 9.17) is 40.9 Å². The lowest BCUT2D eigenvalue weighted by atomic mass is 10.1. The first kappa shape index (κ1) is 26.7. The number of halogens is 2. The first-order chi connectivity index (χ1) is 11.1. The third kappa shape index (κ3) is 9.83. The van der Waals surface area contributed by atoms with E-state index in [1.165, 1.54) is 0 Å². The molecule has 0 aromatic heterocycles. The van der Waals surface area contributed by atoms with Crippen molar-refractivity contribution in [2.45, 2.75) is 46.7 Å². The summed E-state index contributed by atoms with van der Waals surface area (Å²) in [5.41, 5.74) is 0. The van der Waals surface area contributed by atoms with Crippen molar-refractivity contribution >= 4 is 57.8 Å². The Morgan fingerprint density at radius 2 is 1.17 bits per heavy atom. The maximum Gasteiger partial charge on any atom is 0.151 e. The highest BCUT2D eigenvalue weighted by atomic mass is 124. The molecule has 8 atom stereocenters. The molecule has 0 unspecified atom stereocenters. The van der Waals surface area contributed by atoms with Crippen LogP contribution in [0, 0.1) is 0 Å². The SMILES string of the molecule is O=C[C@H](O)[C@@H](O)[C@@H](O)[C@H](O)C[124I].O=C[C@H](O)[C@@H](O)[C@@H]([124I])[C@H](O)CO. The van der Waals surface area contributed by atoms with Crippen LogP contribution in [0.4, 0.5) is 0 Å². The lowest BCUT2D eigenvalue weighted by molar-refractivity contribution is -0.131. The molecule has 0 aromatic rings. The van der Waals surface area contributed by atoms with Gasteiger partial charge in [-0.2, -0.15) is 0 Å². The topological polar surface area (TPSA) is 196 Å². The van der Waals surface area contributed by atoms with E-state index >= 15 is 0 Å². The Labute approximate surface area is 165 Å². The molecule has 12 heteroatoms. The van der Waals surface area contributed by atoms with Crippen molar-refractivity contribution in [1.82, 2.24) is 0 Å². The first-order valence-electron chi connectivity index (χ1n) is 6.56. The van der Waals surface area contributed by atoms with Crippen molar-refractivity contribution in [3.05, 3.63) is 0 Å². The van der Waals surface area contributed by atoms with Crippen molar-refractivity contribution < 1.29 is 50.4 Å². The van der Waals surface area contributed by atoms with E-state index in [1.807, 2.05) is 0 Å². The molecular formula is C12H22I2O10. The van der Waals surface area contributed by atoms with E-state index in [9.17, 15) is 9.59 Å². The normalized spacial score (nSPS) is 21.1. The summed E-state index contributed by atoms with van der Waals surface area (Å²) in [6.07, 6.45) is -9.66. The number of hydrogen-bond acceptors (Lipinski definition) is 10. The second kappa shape index (κ2) is 14.6. The Kier molecular flexibility index (Phi) is 16.3. The number of carbonyl (C=O) groups excluding carboxylic acids is 2. The number of rotatable bonds is 10. The molecule has 0 aliphatic carbocycles. The summed E-state index contributed by atoms with van der Waals surface area (Å²) in [4.78, 5) is 20.0. The van der Waals surface area contributed by atoms with Gasteiger partial charge in [-0.15, -0.1) is 0 Å². The van der Waals surface area contributed by atoms with E-state index in [0.29, 0.717) is 0 Å². The highest BCUT2D eigenvalue weighted by Crippen LogP contribution is 2.13. The van der Waals surface area contributed by atoms with Gasteiger partial charge in [0.25, 0.3) is 0 Å². The Hall–Kier alpha value is 0.480. The summed E-state index contributed by atoms with van der Waals surface area (Å²) in [5.74, 6) is 0. The zero-order valence-corrected chi connectivity index (χ0v) is 16.7. The molecule has 144 valence electrons. The highest BCUT2D eigenvalue weighted by molar-refractivity contribution is 14.1. The van der Waals surface area contributed by atoms with E-state index in [0.717, 1.165) is 0 Å². The quantitative estimate of drug-likeness (QED) is 0.0727. The van der Waals surface area contributed by atoms with Gasteiger partial charge in [-0.1, -0.05) is 45.2 Å². The van der Waals surface area contributed by atoms with Crippen LogP contribution in [0.5, 0.6) is 0 Å². The van der Waals surface area contributed by atoms with Gasteiger partial charge in [0, 0.05) is 4.43 Å². The predicted molar refractivity (Wildman–Crippen MR) is 98.0 cm³/mol. The first-order valence-corrected chi connectivity index (χ1v) is 9.33. The fraction of sp³-hybridized carbons (Fsp3) is 0.833. The smallest absolute Gasteiger partial charge is 0.151 e. The van der Waals surface area contributed by atoms with Crippen molar-refractivity contribution in [2.75, 3.05) is 11.0 Å². The molecule has 0 aliphatic rings. The summed E-state index contributed by atoms with van der Waals surface area (Å²) in [7, 11) is 0. The lowest BCUT2D eigenvalue weighted by Gasteiger charge is -2.22. The van der Waals surface area contributed by atoms with Crippen LogP contribution in [-0.4, -0.2) is 111 Å². The molecule has 0 saturated heterocycles. The monoisotopic (exact) mass is 574 g/mol. The van der Waals surface area contributed by atoms with E-state index in [2.05, 4.69) is 0 Å². The fourth-order valence-corrected chi connectivity index (χ4v) is 2.37. The molecule has 0 amide bonds. The molecule has 10 nitrogen and oxygen atoms in total. The van der Waals surface area contributed by atoms with E-state index < -0.39 is 53.3 Å². The molecule has 0 bridgehead atoms. The van der Waals surface area contributed by atoms with Crippen LogP contribution in [0.3, 0.4) is 0 Å². The van der Waals surface area contributed by atoms with Crippen molar-refractivity contribution in [3.8, 4) is 0 Å². The van der Waals surface area contributed by atoms with Gasteiger partial charge in [0.15, 0.2) is 12.6 Å². The summed E-state index contributed by atoms with van der Waals surface area (Å²) >= 11 is 3.46. The molecule has 0 aromatic carbocycles. The number of hydrogen-bond donors (Lipinski definition) is 8. The van der Waals surface area contributed by atoms with Crippen LogP contribution in [0.2, 0.25) is 0 Å². The average Bonchev–Trinajstić information content (AvgIpc) is 2.62. The standard InChI is InChI=1S/2C6H11IO5/c7-5(3(10)1-8)6(12)4(11)2-9;7-1-3(9)5(11)6(12)4(10)2-8/h2-6,8,10-12H,1H2;2-6,9-12H,1H2/t2*3-,4+,5+,6-/m11/s1/i2*7-3. The van der Waals surface area contributed by atoms with Crippen LogP contribution in [0.15, 0.2) is 0 Å². The maximum atomic E-state index is 10.0. The fourth-order valence-electron chi connectivity index (χ4n) is 1.20. The summed E-state index contributed by atoms with van der Waals surface area (Å²) in [6, 6.07) is 0. The van der Waals surface area contributed by atoms with Gasteiger partial charge in [-0.25, -0.2) is 0 Å². The number of aliphatic hydroxyl groups excluding tert-OH is 8. The summed E-state index contributed by atoms with van der Waals surface area (Å²) in [5, 5.41) is 71.2. The highest BCUT2D eigenvalue weighted by Gasteiger charge is 2.29. The number of aliphatic hydroxyl groups is 8. The second-order valence-electron chi connectivity index (χ2n) is 4.64. The lowest BCUT2D eigenvalue weighted by Crippen LogP contribution is -2.45. The van der Waals surface area contributed by atoms with Crippen LogP contribution in [0.1, 0.15) is 0 Å². The van der Waals surface area contributed by atoms with Gasteiger partial charge in [0.2, 0.25) is 0 Å². The van der Waals surface area contributed by atoms with E-state index in [1.54, 1.807) is 45.2 Å². The van der Waals surface area contributed by atoms with Gasteiger partial charge in [-0.05, 0) is 0 Å². The Balaban J connectivity index is 0. The number of aldehydes is 2. The third-order valence-electron chi connectivity index (χ3n) is 2.76. The molecular weight excluding hydrogens is 552 g/mol. The minimum Gasteiger partial charge on any atom is -0.394 e. The van der Waals surface area contributed by atoms with Gasteiger partial charge in [0.1, 0.15) is 30.5 Å². The van der Waals surface area contributed by atoms with Crippen molar-refractivity contribution in [2.24, 2.45) is 0 Å². The van der Waals surface area contributed by atoms with Crippen molar-refractivity contribution in [1.29, 1.82) is 0 Å². The van der Waals surface area contributed by atoms with Crippen LogP contribution < -0.4 is 0 Å². The maximum absolute atomic E-state index is 10.0. The second-order valence-corrected chi connectivity index (χ2v) is 6.96. The van der Waals surface area contributed by atoms with Crippen LogP contribution in [-0.2, 0) is 9.59 Å². The summed E-state index contributed by atoms with van der Waals surface area (Å²) < 4.78 is -0.561. The molecule has 0 heterocycles. The molecule has 0 spiro atoms. The summed E-state index contributed by atoms with van der Waals surface area (Å²) in [6.45, 7) is -0.518. The van der Waals surface area contributed by atoms with Gasteiger partial charge >= 0.3 is 0 Å². The van der Waals surface area contributed by atoms with Gasteiger partial charge in [0.05, 0.1) is 22.7 Å². The zero-order chi connectivity index (χ0) is 19.4. The van der Waals surface area contributed by atoms with Gasteiger partial charge in [-0.3, -0.25) is 0 Å². The van der Waals surface area contributed by atoms with Gasteiger partial charge < -0.3 is 50.4 Å². The van der Waals surface area contributed by atoms with Crippen LogP contribution >= 0.6 is 45.2 Å². The molecule has 0 fully saturated rings. The largest absolute Gasteiger partial charge is 0.394 e. The minimum absolute atomic E-state index is 0.105.